The van der Waals surface area contributed by atoms with Crippen molar-refractivity contribution in [3.63, 3.8) is 0 Å². The molecule has 0 saturated carbocycles. The van der Waals surface area contributed by atoms with E-state index in [1.165, 1.54) is 11.1 Å². The normalized spacial score (nSPS) is 10.9. The molecule has 0 bridgehead atoms. The molecule has 25 heavy (non-hydrogen) atoms. The smallest absolute Gasteiger partial charge is 0.224 e. The van der Waals surface area contributed by atoms with Gasteiger partial charge in [-0.1, -0.05) is 42.5 Å². The van der Waals surface area contributed by atoms with Crippen LogP contribution in [0, 0.1) is 0 Å². The maximum absolute atomic E-state index is 12.4. The first-order valence-electron chi connectivity index (χ1n) is 8.23. The van der Waals surface area contributed by atoms with E-state index in [4.69, 9.17) is 0 Å². The summed E-state index contributed by atoms with van der Waals surface area (Å²) in [6, 6.07) is 18.4. The number of H-pyrrole nitrogens is 1. The van der Waals surface area contributed by atoms with Crippen LogP contribution >= 0.6 is 11.3 Å². The van der Waals surface area contributed by atoms with Gasteiger partial charge in [0.15, 0.2) is 0 Å². The molecule has 0 aliphatic carbocycles. The Balaban J connectivity index is 1.46. The number of nitrogens with one attached hydrogen (secondary N) is 2. The summed E-state index contributed by atoms with van der Waals surface area (Å²) in [5.41, 5.74) is 5.60. The van der Waals surface area contributed by atoms with E-state index in [-0.39, 0.29) is 5.91 Å². The highest BCUT2D eigenvalue weighted by Crippen LogP contribution is 2.25. The fourth-order valence-electron chi connectivity index (χ4n) is 3.08. The van der Waals surface area contributed by atoms with Crippen molar-refractivity contribution in [1.82, 2.24) is 10.3 Å². The maximum Gasteiger partial charge on any atom is 0.224 e. The second-order valence-corrected chi connectivity index (χ2v) is 6.76. The first kappa shape index (κ1) is 15.7. The number of fused-ring (bicyclic) bond motifs is 1. The van der Waals surface area contributed by atoms with Crippen LogP contribution in [0.15, 0.2) is 71.6 Å². The first-order chi connectivity index (χ1) is 12.3. The summed E-state index contributed by atoms with van der Waals surface area (Å²) in [7, 11) is 0. The van der Waals surface area contributed by atoms with Gasteiger partial charge in [0, 0.05) is 23.6 Å². The van der Waals surface area contributed by atoms with Gasteiger partial charge in [-0.2, -0.15) is 11.3 Å². The van der Waals surface area contributed by atoms with Crippen molar-refractivity contribution in [2.45, 2.75) is 13.0 Å². The second-order valence-electron chi connectivity index (χ2n) is 5.98. The molecule has 0 atom stereocenters. The molecule has 124 valence electrons. The quantitative estimate of drug-likeness (QED) is 0.538. The van der Waals surface area contributed by atoms with Crippen LogP contribution in [0.5, 0.6) is 0 Å². The number of amides is 1. The number of benzene rings is 2. The standard InChI is InChI=1S/C21H18N2OS/c24-21(11-17-13-22-20-8-4-3-7-19(17)20)23-12-15-5-1-2-6-18(15)16-9-10-25-14-16/h1-10,13-14,22H,11-12H2,(H,23,24). The van der Waals surface area contributed by atoms with Gasteiger partial charge < -0.3 is 10.3 Å². The van der Waals surface area contributed by atoms with Crippen molar-refractivity contribution >= 4 is 28.1 Å². The van der Waals surface area contributed by atoms with Crippen LogP contribution in [-0.4, -0.2) is 10.9 Å². The Morgan fingerprint density at radius 3 is 2.72 bits per heavy atom. The number of aromatic amines is 1. The van der Waals surface area contributed by atoms with Crippen molar-refractivity contribution in [2.24, 2.45) is 0 Å². The van der Waals surface area contributed by atoms with Crippen molar-refractivity contribution < 1.29 is 4.79 Å². The molecule has 0 spiro atoms. The minimum Gasteiger partial charge on any atom is -0.361 e. The predicted molar refractivity (Wildman–Crippen MR) is 104 cm³/mol. The average Bonchev–Trinajstić information content (AvgIpc) is 3.31. The third-order valence-electron chi connectivity index (χ3n) is 4.35. The van der Waals surface area contributed by atoms with Gasteiger partial charge in [0.1, 0.15) is 0 Å². The zero-order chi connectivity index (χ0) is 17.1. The van der Waals surface area contributed by atoms with Crippen molar-refractivity contribution in [1.29, 1.82) is 0 Å². The average molecular weight is 346 g/mol. The van der Waals surface area contributed by atoms with Crippen LogP contribution in [0.4, 0.5) is 0 Å². The van der Waals surface area contributed by atoms with Crippen LogP contribution in [0.25, 0.3) is 22.0 Å². The lowest BCUT2D eigenvalue weighted by Crippen LogP contribution is -2.24. The molecule has 0 fully saturated rings. The fourth-order valence-corrected chi connectivity index (χ4v) is 3.74. The van der Waals surface area contributed by atoms with E-state index in [0.29, 0.717) is 13.0 Å². The van der Waals surface area contributed by atoms with E-state index in [2.05, 4.69) is 39.3 Å². The van der Waals surface area contributed by atoms with E-state index in [0.717, 1.165) is 22.0 Å². The summed E-state index contributed by atoms with van der Waals surface area (Å²) in [4.78, 5) is 15.6. The van der Waals surface area contributed by atoms with Gasteiger partial charge in [-0.25, -0.2) is 0 Å². The highest BCUT2D eigenvalue weighted by atomic mass is 32.1. The van der Waals surface area contributed by atoms with Gasteiger partial charge in [0.05, 0.1) is 6.42 Å². The number of aromatic nitrogens is 1. The summed E-state index contributed by atoms with van der Waals surface area (Å²) in [5, 5.41) is 8.37. The molecule has 3 nitrogen and oxygen atoms in total. The van der Waals surface area contributed by atoms with Crippen molar-refractivity contribution in [2.75, 3.05) is 0 Å². The molecule has 1 amide bonds. The summed E-state index contributed by atoms with van der Waals surface area (Å²) in [6.07, 6.45) is 2.30. The molecule has 4 rings (SSSR count). The molecule has 2 aromatic carbocycles. The van der Waals surface area contributed by atoms with E-state index < -0.39 is 0 Å². The van der Waals surface area contributed by atoms with Crippen LogP contribution in [0.1, 0.15) is 11.1 Å². The number of carbonyl (C=O) groups excluding carboxylic acids is 1. The van der Waals surface area contributed by atoms with Crippen molar-refractivity contribution in [3.8, 4) is 11.1 Å². The molecular formula is C21H18N2OS. The van der Waals surface area contributed by atoms with Gasteiger partial charge in [-0.05, 0) is 45.1 Å². The molecule has 4 heteroatoms. The molecule has 2 heterocycles. The summed E-state index contributed by atoms with van der Waals surface area (Å²) >= 11 is 1.68. The number of para-hydroxylation sites is 1. The lowest BCUT2D eigenvalue weighted by molar-refractivity contribution is -0.120. The second kappa shape index (κ2) is 6.95. The number of thiophene rings is 1. The third-order valence-corrected chi connectivity index (χ3v) is 5.03. The molecule has 4 aromatic rings. The molecule has 2 N–H and O–H groups in total. The number of carbonyl (C=O) groups is 1. The summed E-state index contributed by atoms with van der Waals surface area (Å²) in [6.45, 7) is 0.535. The molecule has 0 aliphatic heterocycles. The molecule has 0 aliphatic rings. The van der Waals surface area contributed by atoms with Gasteiger partial charge in [0.2, 0.25) is 5.91 Å². The molecule has 0 saturated heterocycles. The lowest BCUT2D eigenvalue weighted by atomic mass is 10.0. The Labute approximate surface area is 150 Å². The Hall–Kier alpha value is -2.85. The van der Waals surface area contributed by atoms with Gasteiger partial charge in [-0.15, -0.1) is 0 Å². The van der Waals surface area contributed by atoms with E-state index in [9.17, 15) is 4.79 Å². The zero-order valence-corrected chi connectivity index (χ0v) is 14.5. The third kappa shape index (κ3) is 3.35. The topological polar surface area (TPSA) is 44.9 Å². The van der Waals surface area contributed by atoms with Crippen LogP contribution in [0.2, 0.25) is 0 Å². The monoisotopic (exact) mass is 346 g/mol. The number of hydrogen-bond donors (Lipinski definition) is 2. The fraction of sp³-hybridized carbons (Fsp3) is 0.0952. The van der Waals surface area contributed by atoms with Gasteiger partial charge >= 0.3 is 0 Å². The molecule has 0 unspecified atom stereocenters. The van der Waals surface area contributed by atoms with Crippen LogP contribution in [0.3, 0.4) is 0 Å². The molecule has 2 aromatic heterocycles. The lowest BCUT2D eigenvalue weighted by Gasteiger charge is -2.10. The maximum atomic E-state index is 12.4. The SMILES string of the molecule is O=C(Cc1c[nH]c2ccccc12)NCc1ccccc1-c1ccsc1. The molecule has 0 radical (unpaired) electrons. The van der Waals surface area contributed by atoms with E-state index >= 15 is 0 Å². The van der Waals surface area contributed by atoms with Crippen LogP contribution < -0.4 is 5.32 Å². The Bertz CT molecular complexity index is 1000. The van der Waals surface area contributed by atoms with Gasteiger partial charge in [-0.3, -0.25) is 4.79 Å². The Morgan fingerprint density at radius 1 is 1.00 bits per heavy atom. The highest BCUT2D eigenvalue weighted by molar-refractivity contribution is 7.08. The highest BCUT2D eigenvalue weighted by Gasteiger charge is 2.10. The minimum atomic E-state index is 0.0323. The Morgan fingerprint density at radius 2 is 1.84 bits per heavy atom. The number of hydrogen-bond acceptors (Lipinski definition) is 2. The predicted octanol–water partition coefficient (Wildman–Crippen LogP) is 4.76. The largest absolute Gasteiger partial charge is 0.361 e. The minimum absolute atomic E-state index is 0.0323. The van der Waals surface area contributed by atoms with E-state index in [1.807, 2.05) is 42.6 Å². The van der Waals surface area contributed by atoms with Crippen molar-refractivity contribution in [3.05, 3.63) is 82.7 Å². The van der Waals surface area contributed by atoms with Gasteiger partial charge in [0.25, 0.3) is 0 Å². The molecular weight excluding hydrogens is 328 g/mol. The first-order valence-corrected chi connectivity index (χ1v) is 9.18. The Kier molecular flexibility index (Phi) is 4.36. The summed E-state index contributed by atoms with van der Waals surface area (Å²) in [5.74, 6) is 0.0323. The number of rotatable bonds is 5. The zero-order valence-electron chi connectivity index (χ0n) is 13.7. The van der Waals surface area contributed by atoms with Crippen LogP contribution in [-0.2, 0) is 17.8 Å². The van der Waals surface area contributed by atoms with E-state index in [1.54, 1.807) is 11.3 Å². The summed E-state index contributed by atoms with van der Waals surface area (Å²) < 4.78 is 0.